The predicted octanol–water partition coefficient (Wildman–Crippen LogP) is -0.220. The molecular weight excluding hydrogens is 362 g/mol. The van der Waals surface area contributed by atoms with E-state index in [1.54, 1.807) is 18.2 Å². The monoisotopic (exact) mass is 381 g/mol. The van der Waals surface area contributed by atoms with Crippen molar-refractivity contribution in [3.63, 3.8) is 0 Å². The highest BCUT2D eigenvalue weighted by molar-refractivity contribution is 6.23. The Hall–Kier alpha value is -3.25. The molecule has 0 bridgehead atoms. The molecular formula is C19H19N5O4. The van der Waals surface area contributed by atoms with Gasteiger partial charge in [0.2, 0.25) is 11.8 Å². The van der Waals surface area contributed by atoms with Crippen LogP contribution >= 0.6 is 0 Å². The molecule has 2 unspecified atom stereocenters. The normalized spacial score (nSPS) is 24.8. The Labute approximate surface area is 161 Å². The molecule has 3 heterocycles. The fourth-order valence-corrected chi connectivity index (χ4v) is 4.03. The fraction of sp³-hybridized carbons (Fsp3) is 0.421. The Morgan fingerprint density at radius 3 is 2.68 bits per heavy atom. The summed E-state index contributed by atoms with van der Waals surface area (Å²) in [6, 6.07) is 6.22. The summed E-state index contributed by atoms with van der Waals surface area (Å²) >= 11 is 0. The molecule has 9 heteroatoms. The second kappa shape index (κ2) is 7.05. The number of imide groups is 2. The molecule has 0 radical (unpaired) electrons. The van der Waals surface area contributed by atoms with Crippen LogP contribution in [-0.2, 0) is 9.59 Å². The molecule has 3 aliphatic heterocycles. The van der Waals surface area contributed by atoms with Gasteiger partial charge < -0.3 is 10.2 Å². The first-order valence-electron chi connectivity index (χ1n) is 9.21. The van der Waals surface area contributed by atoms with E-state index in [9.17, 15) is 19.2 Å². The lowest BCUT2D eigenvalue weighted by molar-refractivity contribution is -0.136. The Bertz CT molecular complexity index is 921. The number of nitrogens with one attached hydrogen (secondary N) is 2. The summed E-state index contributed by atoms with van der Waals surface area (Å²) in [5.74, 6) is -2.07. The number of benzene rings is 1. The van der Waals surface area contributed by atoms with Crippen molar-refractivity contribution in [3.05, 3.63) is 29.3 Å². The zero-order valence-corrected chi connectivity index (χ0v) is 15.1. The maximum Gasteiger partial charge on any atom is 0.262 e. The maximum atomic E-state index is 12.9. The quantitative estimate of drug-likeness (QED) is 0.694. The summed E-state index contributed by atoms with van der Waals surface area (Å²) in [6.45, 7) is 2.11. The summed E-state index contributed by atoms with van der Waals surface area (Å²) < 4.78 is 0. The van der Waals surface area contributed by atoms with Crippen LogP contribution in [0.3, 0.4) is 0 Å². The highest BCUT2D eigenvalue weighted by atomic mass is 16.2. The van der Waals surface area contributed by atoms with Crippen molar-refractivity contribution in [1.29, 1.82) is 5.26 Å². The van der Waals surface area contributed by atoms with E-state index in [-0.39, 0.29) is 30.0 Å². The first-order chi connectivity index (χ1) is 13.5. The van der Waals surface area contributed by atoms with Gasteiger partial charge in [-0.05, 0) is 24.6 Å². The number of piperidine rings is 1. The first-order valence-corrected chi connectivity index (χ1v) is 9.21. The zero-order chi connectivity index (χ0) is 19.8. The Morgan fingerprint density at radius 1 is 1.14 bits per heavy atom. The summed E-state index contributed by atoms with van der Waals surface area (Å²) in [4.78, 5) is 52.2. The summed E-state index contributed by atoms with van der Waals surface area (Å²) in [7, 11) is 0. The van der Waals surface area contributed by atoms with Gasteiger partial charge in [-0.3, -0.25) is 29.4 Å². The van der Waals surface area contributed by atoms with Gasteiger partial charge in [0.1, 0.15) is 6.04 Å². The minimum Gasteiger partial charge on any atom is -0.365 e. The highest BCUT2D eigenvalue weighted by Gasteiger charge is 2.44. The molecule has 0 saturated carbocycles. The number of carbonyl (C=O) groups excluding carboxylic acids is 4. The fourth-order valence-electron chi connectivity index (χ4n) is 4.03. The summed E-state index contributed by atoms with van der Waals surface area (Å²) in [6.07, 6.45) is 0.566. The lowest BCUT2D eigenvalue weighted by atomic mass is 10.0. The third kappa shape index (κ3) is 2.92. The maximum absolute atomic E-state index is 12.9. The largest absolute Gasteiger partial charge is 0.365 e. The van der Waals surface area contributed by atoms with Crippen LogP contribution in [-0.4, -0.2) is 60.2 Å². The van der Waals surface area contributed by atoms with Crippen LogP contribution in [0.1, 0.15) is 40.0 Å². The van der Waals surface area contributed by atoms with Crippen molar-refractivity contribution in [3.8, 4) is 6.07 Å². The van der Waals surface area contributed by atoms with Crippen molar-refractivity contribution in [2.75, 3.05) is 24.5 Å². The van der Waals surface area contributed by atoms with E-state index in [1.165, 1.54) is 0 Å². The number of fused-ring (bicyclic) bond motifs is 1. The van der Waals surface area contributed by atoms with Crippen LogP contribution < -0.4 is 15.5 Å². The topological polar surface area (TPSA) is 123 Å². The number of nitriles is 1. The van der Waals surface area contributed by atoms with Crippen LogP contribution in [0.4, 0.5) is 5.69 Å². The van der Waals surface area contributed by atoms with Crippen molar-refractivity contribution in [2.45, 2.75) is 31.3 Å². The molecule has 144 valence electrons. The van der Waals surface area contributed by atoms with Crippen molar-refractivity contribution < 1.29 is 19.2 Å². The molecule has 3 aliphatic rings. The molecule has 4 amide bonds. The number of anilines is 1. The Kier molecular flexibility index (Phi) is 4.57. The van der Waals surface area contributed by atoms with Crippen LogP contribution in [0.25, 0.3) is 0 Å². The number of hydrogen-bond donors (Lipinski definition) is 2. The molecule has 28 heavy (non-hydrogen) atoms. The van der Waals surface area contributed by atoms with Crippen LogP contribution in [0.15, 0.2) is 18.2 Å². The molecule has 9 nitrogen and oxygen atoms in total. The molecule has 0 aromatic heterocycles. The van der Waals surface area contributed by atoms with E-state index in [1.807, 2.05) is 0 Å². The van der Waals surface area contributed by atoms with Gasteiger partial charge in [-0.25, -0.2) is 0 Å². The van der Waals surface area contributed by atoms with Gasteiger partial charge >= 0.3 is 0 Å². The van der Waals surface area contributed by atoms with Gasteiger partial charge in [-0.15, -0.1) is 0 Å². The highest BCUT2D eigenvalue weighted by Crippen LogP contribution is 2.31. The van der Waals surface area contributed by atoms with Crippen molar-refractivity contribution >= 4 is 29.3 Å². The molecule has 4 rings (SSSR count). The lowest BCUT2D eigenvalue weighted by Crippen LogP contribution is -2.54. The molecule has 2 saturated heterocycles. The van der Waals surface area contributed by atoms with E-state index in [0.29, 0.717) is 19.5 Å². The van der Waals surface area contributed by atoms with Crippen molar-refractivity contribution in [1.82, 2.24) is 15.5 Å². The van der Waals surface area contributed by atoms with Gasteiger partial charge in [-0.2, -0.15) is 5.26 Å². The minimum absolute atomic E-state index is 0.0183. The second-order valence-corrected chi connectivity index (χ2v) is 7.09. The number of amides is 4. The van der Waals surface area contributed by atoms with Crippen molar-refractivity contribution in [2.24, 2.45) is 0 Å². The number of nitrogens with zero attached hydrogens (tertiary/aromatic N) is 3. The van der Waals surface area contributed by atoms with E-state index in [2.05, 4.69) is 21.6 Å². The second-order valence-electron chi connectivity index (χ2n) is 7.09. The third-order valence-electron chi connectivity index (χ3n) is 5.43. The molecule has 2 fully saturated rings. The van der Waals surface area contributed by atoms with Crippen LogP contribution in [0.5, 0.6) is 0 Å². The van der Waals surface area contributed by atoms with E-state index in [4.69, 9.17) is 5.26 Å². The van der Waals surface area contributed by atoms with Gasteiger partial charge in [0, 0.05) is 31.7 Å². The molecule has 1 aromatic carbocycles. The average Bonchev–Trinajstić information content (AvgIpc) is 2.93. The van der Waals surface area contributed by atoms with E-state index in [0.717, 1.165) is 17.1 Å². The molecule has 2 atom stereocenters. The molecule has 1 aromatic rings. The van der Waals surface area contributed by atoms with E-state index >= 15 is 0 Å². The van der Waals surface area contributed by atoms with Crippen LogP contribution in [0.2, 0.25) is 0 Å². The number of piperazine rings is 1. The van der Waals surface area contributed by atoms with Gasteiger partial charge in [-0.1, -0.05) is 0 Å². The van der Waals surface area contributed by atoms with Crippen LogP contribution in [0, 0.1) is 11.3 Å². The minimum atomic E-state index is -0.973. The SMILES string of the molecule is N#CCC1CNCCN1c1ccc2c(c1)C(=O)N(C1CCC(=O)NC1=O)C2=O. The van der Waals surface area contributed by atoms with Gasteiger partial charge in [0.15, 0.2) is 0 Å². The van der Waals surface area contributed by atoms with E-state index < -0.39 is 29.7 Å². The summed E-state index contributed by atoms with van der Waals surface area (Å²) in [5, 5.41) is 14.5. The van der Waals surface area contributed by atoms with Gasteiger partial charge in [0.05, 0.1) is 29.7 Å². The zero-order valence-electron chi connectivity index (χ0n) is 15.1. The predicted molar refractivity (Wildman–Crippen MR) is 97.3 cm³/mol. The lowest BCUT2D eigenvalue weighted by Gasteiger charge is -2.37. The summed E-state index contributed by atoms with van der Waals surface area (Å²) in [5.41, 5.74) is 1.28. The Morgan fingerprint density at radius 2 is 1.93 bits per heavy atom. The molecule has 2 N–H and O–H groups in total. The number of rotatable bonds is 3. The first kappa shape index (κ1) is 18.1. The standard InChI is InChI=1S/C19H19N5O4/c20-6-5-12-10-21-7-8-23(12)11-1-2-13-14(9-11)19(28)24(18(13)27)15-3-4-16(25)22-17(15)26/h1-2,9,12,15,21H,3-5,7-8,10H2,(H,22,25,26). The molecule has 0 aliphatic carbocycles. The average molecular weight is 381 g/mol. The van der Waals surface area contributed by atoms with Gasteiger partial charge in [0.25, 0.3) is 11.8 Å². The number of carbonyl (C=O) groups is 4. The molecule has 0 spiro atoms. The Balaban J connectivity index is 1.63. The third-order valence-corrected chi connectivity index (χ3v) is 5.43. The smallest absolute Gasteiger partial charge is 0.262 e. The number of hydrogen-bond acceptors (Lipinski definition) is 7.